The Morgan fingerprint density at radius 1 is 0.885 bits per heavy atom. The van der Waals surface area contributed by atoms with Crippen LogP contribution in [0.3, 0.4) is 0 Å². The predicted molar refractivity (Wildman–Crippen MR) is 108 cm³/mol. The molecule has 0 heterocycles. The van der Waals surface area contributed by atoms with Crippen molar-refractivity contribution in [1.29, 1.82) is 0 Å². The van der Waals surface area contributed by atoms with Crippen molar-refractivity contribution < 1.29 is 5.21 Å². The van der Waals surface area contributed by atoms with Gasteiger partial charge in [-0.1, -0.05) is 79.7 Å². The zero-order chi connectivity index (χ0) is 18.2. The summed E-state index contributed by atoms with van der Waals surface area (Å²) in [5.41, 5.74) is 10.5. The van der Waals surface area contributed by atoms with Gasteiger partial charge in [0.05, 0.1) is 0 Å². The molecule has 2 aromatic carbocycles. The van der Waals surface area contributed by atoms with Crippen molar-refractivity contribution >= 4 is 5.84 Å². The van der Waals surface area contributed by atoms with Crippen molar-refractivity contribution in [3.8, 4) is 0 Å². The molecule has 0 atom stereocenters. The van der Waals surface area contributed by atoms with Crippen molar-refractivity contribution in [3.05, 3.63) is 70.8 Å². The number of nitrogens with two attached hydrogens (primary N) is 1. The molecule has 0 bridgehead atoms. The first-order valence-electron chi connectivity index (χ1n) is 9.89. The van der Waals surface area contributed by atoms with Gasteiger partial charge >= 0.3 is 0 Å². The molecule has 2 aromatic rings. The highest BCUT2D eigenvalue weighted by molar-refractivity contribution is 5.97. The standard InChI is InChI=1S/C23H30N2O/c24-23(25-26)22-11-5-10-21(17-22)15-14-20-9-4-8-19(16-20)13-12-18-6-2-1-3-7-18/h4-5,8-11,16-18,26H,1-3,6-7,12-15H2,(H2,24,25). The van der Waals surface area contributed by atoms with Gasteiger partial charge in [-0.25, -0.2) is 0 Å². The summed E-state index contributed by atoms with van der Waals surface area (Å²) >= 11 is 0. The third-order valence-electron chi connectivity index (χ3n) is 5.59. The molecule has 0 amide bonds. The van der Waals surface area contributed by atoms with E-state index in [0.29, 0.717) is 0 Å². The molecule has 0 radical (unpaired) electrons. The van der Waals surface area contributed by atoms with Gasteiger partial charge in [0.1, 0.15) is 0 Å². The number of amidine groups is 1. The summed E-state index contributed by atoms with van der Waals surface area (Å²) in [4.78, 5) is 0. The van der Waals surface area contributed by atoms with E-state index in [9.17, 15) is 0 Å². The minimum atomic E-state index is 0.163. The first-order chi connectivity index (χ1) is 12.7. The molecular formula is C23H30N2O. The van der Waals surface area contributed by atoms with Gasteiger partial charge in [-0.15, -0.1) is 0 Å². The average Bonchev–Trinajstić information content (AvgIpc) is 2.71. The lowest BCUT2D eigenvalue weighted by Gasteiger charge is -2.21. The van der Waals surface area contributed by atoms with Gasteiger partial charge < -0.3 is 10.9 Å². The summed E-state index contributed by atoms with van der Waals surface area (Å²) in [5, 5.41) is 11.9. The van der Waals surface area contributed by atoms with Crippen molar-refractivity contribution in [2.45, 2.75) is 57.8 Å². The van der Waals surface area contributed by atoms with E-state index in [1.165, 1.54) is 61.6 Å². The van der Waals surface area contributed by atoms with Crippen LogP contribution in [0.25, 0.3) is 0 Å². The molecule has 1 aliphatic rings. The van der Waals surface area contributed by atoms with Crippen molar-refractivity contribution in [3.63, 3.8) is 0 Å². The molecule has 3 rings (SSSR count). The number of hydrogen-bond donors (Lipinski definition) is 2. The fourth-order valence-corrected chi connectivity index (χ4v) is 4.02. The van der Waals surface area contributed by atoms with E-state index >= 15 is 0 Å². The van der Waals surface area contributed by atoms with E-state index < -0.39 is 0 Å². The lowest BCUT2D eigenvalue weighted by molar-refractivity contribution is 0.318. The first-order valence-corrected chi connectivity index (χ1v) is 9.89. The number of benzene rings is 2. The molecular weight excluding hydrogens is 320 g/mol. The zero-order valence-electron chi connectivity index (χ0n) is 15.5. The Kier molecular flexibility index (Phi) is 6.70. The molecule has 3 heteroatoms. The molecule has 0 saturated heterocycles. The summed E-state index contributed by atoms with van der Waals surface area (Å²) in [6, 6.07) is 17.0. The van der Waals surface area contributed by atoms with Gasteiger partial charge in [-0.2, -0.15) is 0 Å². The van der Waals surface area contributed by atoms with Crippen LogP contribution in [0.15, 0.2) is 53.7 Å². The van der Waals surface area contributed by atoms with Crippen molar-refractivity contribution in [2.75, 3.05) is 0 Å². The van der Waals surface area contributed by atoms with Crippen LogP contribution in [0.5, 0.6) is 0 Å². The molecule has 1 fully saturated rings. The maximum Gasteiger partial charge on any atom is 0.170 e. The van der Waals surface area contributed by atoms with Gasteiger partial charge in [0.15, 0.2) is 5.84 Å². The fourth-order valence-electron chi connectivity index (χ4n) is 4.02. The van der Waals surface area contributed by atoms with E-state index in [2.05, 4.69) is 35.5 Å². The summed E-state index contributed by atoms with van der Waals surface area (Å²) in [5.74, 6) is 1.10. The van der Waals surface area contributed by atoms with Crippen LogP contribution in [-0.4, -0.2) is 11.0 Å². The Morgan fingerprint density at radius 3 is 2.19 bits per heavy atom. The minimum absolute atomic E-state index is 0.163. The van der Waals surface area contributed by atoms with Gasteiger partial charge in [0.25, 0.3) is 0 Å². The van der Waals surface area contributed by atoms with Crippen LogP contribution in [-0.2, 0) is 19.3 Å². The predicted octanol–water partition coefficient (Wildman–Crippen LogP) is 5.08. The van der Waals surface area contributed by atoms with Gasteiger partial charge in [-0.05, 0) is 54.4 Å². The average molecular weight is 351 g/mol. The van der Waals surface area contributed by atoms with Gasteiger partial charge in [0.2, 0.25) is 0 Å². The SMILES string of the molecule is N/C(=N\O)c1cccc(CCc2cccc(CCC3CCCCC3)c2)c1. The minimum Gasteiger partial charge on any atom is -0.409 e. The van der Waals surface area contributed by atoms with E-state index in [0.717, 1.165) is 24.3 Å². The third kappa shape index (κ3) is 5.35. The van der Waals surface area contributed by atoms with Gasteiger partial charge in [-0.3, -0.25) is 0 Å². The molecule has 1 saturated carbocycles. The molecule has 0 unspecified atom stereocenters. The lowest BCUT2D eigenvalue weighted by atomic mass is 9.85. The number of oxime groups is 1. The van der Waals surface area contributed by atoms with Crippen LogP contribution in [0.2, 0.25) is 0 Å². The normalized spacial score (nSPS) is 15.9. The summed E-state index contributed by atoms with van der Waals surface area (Å²) in [6.45, 7) is 0. The van der Waals surface area contributed by atoms with Crippen LogP contribution in [0.4, 0.5) is 0 Å². The molecule has 0 aromatic heterocycles. The molecule has 26 heavy (non-hydrogen) atoms. The molecule has 1 aliphatic carbocycles. The second-order valence-electron chi connectivity index (χ2n) is 7.55. The highest BCUT2D eigenvalue weighted by Crippen LogP contribution is 2.27. The number of rotatable bonds is 7. The number of aryl methyl sites for hydroxylation is 3. The van der Waals surface area contributed by atoms with E-state index in [1.807, 2.05) is 18.2 Å². The molecule has 3 nitrogen and oxygen atoms in total. The highest BCUT2D eigenvalue weighted by atomic mass is 16.4. The largest absolute Gasteiger partial charge is 0.409 e. The van der Waals surface area contributed by atoms with Crippen molar-refractivity contribution in [1.82, 2.24) is 0 Å². The van der Waals surface area contributed by atoms with E-state index in [1.54, 1.807) is 0 Å². The second-order valence-corrected chi connectivity index (χ2v) is 7.55. The Balaban J connectivity index is 1.55. The maximum absolute atomic E-state index is 8.83. The van der Waals surface area contributed by atoms with Gasteiger partial charge in [0, 0.05) is 5.56 Å². The van der Waals surface area contributed by atoms with Crippen LogP contribution in [0, 0.1) is 5.92 Å². The topological polar surface area (TPSA) is 58.6 Å². The highest BCUT2D eigenvalue weighted by Gasteiger charge is 2.13. The van der Waals surface area contributed by atoms with Crippen LogP contribution < -0.4 is 5.73 Å². The first kappa shape index (κ1) is 18.5. The summed E-state index contributed by atoms with van der Waals surface area (Å²) in [6.07, 6.45) is 11.7. The fraction of sp³-hybridized carbons (Fsp3) is 0.435. The Labute approximate surface area is 156 Å². The monoisotopic (exact) mass is 350 g/mol. The lowest BCUT2D eigenvalue weighted by Crippen LogP contribution is -2.13. The Bertz CT molecular complexity index is 732. The second kappa shape index (κ2) is 9.42. The molecule has 0 aliphatic heterocycles. The summed E-state index contributed by atoms with van der Waals surface area (Å²) < 4.78 is 0. The Hall–Kier alpha value is -2.29. The number of hydrogen-bond acceptors (Lipinski definition) is 2. The molecule has 0 spiro atoms. The smallest absolute Gasteiger partial charge is 0.170 e. The van der Waals surface area contributed by atoms with Crippen molar-refractivity contribution in [2.24, 2.45) is 16.8 Å². The number of nitrogens with zero attached hydrogens (tertiary/aromatic N) is 1. The molecule has 3 N–H and O–H groups in total. The Morgan fingerprint density at radius 2 is 1.50 bits per heavy atom. The maximum atomic E-state index is 8.83. The van der Waals surface area contributed by atoms with E-state index in [-0.39, 0.29) is 5.84 Å². The summed E-state index contributed by atoms with van der Waals surface area (Å²) in [7, 11) is 0. The quantitative estimate of drug-likeness (QED) is 0.317. The van der Waals surface area contributed by atoms with Crippen LogP contribution >= 0.6 is 0 Å². The molecule has 138 valence electrons. The third-order valence-corrected chi connectivity index (χ3v) is 5.59. The van der Waals surface area contributed by atoms with E-state index in [4.69, 9.17) is 10.9 Å². The zero-order valence-corrected chi connectivity index (χ0v) is 15.5. The van der Waals surface area contributed by atoms with Crippen LogP contribution in [0.1, 0.15) is 60.8 Å².